The molecule has 2 aromatic heterocycles. The Bertz CT molecular complexity index is 1020. The Balaban J connectivity index is 1.83. The minimum atomic E-state index is -0.668. The van der Waals surface area contributed by atoms with E-state index in [9.17, 15) is 14.7 Å². The molecule has 1 aromatic carbocycles. The second-order valence-corrected chi connectivity index (χ2v) is 7.37. The number of nitrogens with zero attached hydrogens (tertiary/aromatic N) is 1. The lowest BCUT2D eigenvalue weighted by Gasteiger charge is -2.27. The normalized spacial score (nSPS) is 17.0. The number of hydrogen-bond donors (Lipinski definition) is 1. The van der Waals surface area contributed by atoms with Crippen LogP contribution in [0.25, 0.3) is 0 Å². The third-order valence-electron chi connectivity index (χ3n) is 4.68. The molecule has 1 N–H and O–H groups in total. The molecule has 1 unspecified atom stereocenters. The Hall–Kier alpha value is -3.12. The molecule has 1 amide bonds. The van der Waals surface area contributed by atoms with Crippen molar-refractivity contribution in [3.8, 4) is 0 Å². The molecule has 3 aromatic rings. The molecule has 0 saturated heterocycles. The molecule has 27 heavy (non-hydrogen) atoms. The minimum absolute atomic E-state index is 0.0563. The van der Waals surface area contributed by atoms with E-state index in [1.54, 1.807) is 11.0 Å². The predicted octanol–water partition coefficient (Wildman–Crippen LogP) is 4.43. The number of carbonyl (C=O) groups is 2. The van der Waals surface area contributed by atoms with Crippen molar-refractivity contribution in [1.29, 1.82) is 0 Å². The topological polar surface area (TPSA) is 70.7 Å². The zero-order valence-electron chi connectivity index (χ0n) is 14.6. The highest BCUT2D eigenvalue weighted by Crippen LogP contribution is 2.41. The lowest BCUT2D eigenvalue weighted by molar-refractivity contribution is -0.130. The summed E-state index contributed by atoms with van der Waals surface area (Å²) in [7, 11) is 0. The van der Waals surface area contributed by atoms with E-state index in [2.05, 4.69) is 0 Å². The summed E-state index contributed by atoms with van der Waals surface area (Å²) in [6.07, 6.45) is 1.40. The predicted molar refractivity (Wildman–Crippen MR) is 101 cm³/mol. The Labute approximate surface area is 160 Å². The smallest absolute Gasteiger partial charge is 0.290 e. The molecule has 5 nitrogen and oxygen atoms in total. The van der Waals surface area contributed by atoms with Crippen LogP contribution in [0.15, 0.2) is 75.9 Å². The van der Waals surface area contributed by atoms with Gasteiger partial charge in [0.2, 0.25) is 5.78 Å². The fourth-order valence-corrected chi connectivity index (χ4v) is 4.08. The summed E-state index contributed by atoms with van der Waals surface area (Å²) in [5.74, 6) is -1.44. The van der Waals surface area contributed by atoms with E-state index >= 15 is 0 Å². The Kier molecular flexibility index (Phi) is 4.41. The molecule has 0 aliphatic carbocycles. The largest absolute Gasteiger partial charge is 0.503 e. The van der Waals surface area contributed by atoms with Gasteiger partial charge in [0.25, 0.3) is 5.91 Å². The quantitative estimate of drug-likeness (QED) is 0.666. The van der Waals surface area contributed by atoms with Crippen molar-refractivity contribution in [2.24, 2.45) is 0 Å². The third-order valence-corrected chi connectivity index (χ3v) is 5.54. The van der Waals surface area contributed by atoms with Crippen LogP contribution in [0.5, 0.6) is 0 Å². The number of Topliss-reactive ketones (excluding diaryl/α,β-unsaturated/α-hetero) is 1. The summed E-state index contributed by atoms with van der Waals surface area (Å²) in [5, 5.41) is 12.5. The Morgan fingerprint density at radius 3 is 2.67 bits per heavy atom. The minimum Gasteiger partial charge on any atom is -0.503 e. The van der Waals surface area contributed by atoms with Crippen LogP contribution in [0.1, 0.15) is 32.6 Å². The molecular formula is C21H17NO4S. The van der Waals surface area contributed by atoms with Crippen LogP contribution < -0.4 is 0 Å². The molecule has 0 fully saturated rings. The maximum absolute atomic E-state index is 13.0. The first-order chi connectivity index (χ1) is 13.1. The number of hydrogen-bond acceptors (Lipinski definition) is 5. The maximum Gasteiger partial charge on any atom is 0.290 e. The lowest BCUT2D eigenvalue weighted by Crippen LogP contribution is -2.30. The SMILES string of the molecule is Cc1ccccc1C1C(C(=O)c2ccco2)=C(O)C(=O)N1Cc1cccs1. The number of benzene rings is 1. The number of aliphatic hydroxyl groups excluding tert-OH is 1. The molecule has 6 heteroatoms. The first kappa shape index (κ1) is 17.3. The first-order valence-corrected chi connectivity index (χ1v) is 9.36. The molecular weight excluding hydrogens is 362 g/mol. The van der Waals surface area contributed by atoms with Gasteiger partial charge in [-0.2, -0.15) is 0 Å². The molecule has 1 aliphatic rings. The lowest BCUT2D eigenvalue weighted by atomic mass is 9.92. The highest BCUT2D eigenvalue weighted by molar-refractivity contribution is 7.09. The number of amides is 1. The number of carbonyl (C=O) groups excluding carboxylic acids is 2. The number of rotatable bonds is 5. The van der Waals surface area contributed by atoms with Crippen LogP contribution in [0, 0.1) is 6.92 Å². The van der Waals surface area contributed by atoms with Gasteiger partial charge in [-0.05, 0) is 41.6 Å². The first-order valence-electron chi connectivity index (χ1n) is 8.48. The highest BCUT2D eigenvalue weighted by atomic mass is 32.1. The van der Waals surface area contributed by atoms with Gasteiger partial charge in [0.1, 0.15) is 0 Å². The molecule has 0 bridgehead atoms. The summed E-state index contributed by atoms with van der Waals surface area (Å²) >= 11 is 1.52. The second kappa shape index (κ2) is 6.89. The number of furan rings is 1. The molecule has 0 radical (unpaired) electrons. The van der Waals surface area contributed by atoms with Crippen molar-refractivity contribution < 1.29 is 19.1 Å². The molecule has 1 aliphatic heterocycles. The Morgan fingerprint density at radius 1 is 1.19 bits per heavy atom. The number of aliphatic hydroxyl groups is 1. The Morgan fingerprint density at radius 2 is 2.00 bits per heavy atom. The monoisotopic (exact) mass is 379 g/mol. The van der Waals surface area contributed by atoms with Gasteiger partial charge in [0.05, 0.1) is 24.4 Å². The molecule has 1 atom stereocenters. The number of aryl methyl sites for hydroxylation is 1. The maximum atomic E-state index is 13.0. The van der Waals surface area contributed by atoms with Crippen LogP contribution in [0.2, 0.25) is 0 Å². The van der Waals surface area contributed by atoms with E-state index in [1.165, 1.54) is 23.7 Å². The van der Waals surface area contributed by atoms with Gasteiger partial charge in [-0.25, -0.2) is 0 Å². The fraction of sp³-hybridized carbons (Fsp3) is 0.143. The average Bonchev–Trinajstić information content (AvgIpc) is 3.40. The van der Waals surface area contributed by atoms with Crippen LogP contribution >= 0.6 is 11.3 Å². The van der Waals surface area contributed by atoms with Gasteiger partial charge < -0.3 is 14.4 Å². The molecule has 4 rings (SSSR count). The summed E-state index contributed by atoms with van der Waals surface area (Å²) in [6, 6.07) is 13.9. The van der Waals surface area contributed by atoms with Crippen LogP contribution in [0.4, 0.5) is 0 Å². The number of ketones is 1. The van der Waals surface area contributed by atoms with Crippen molar-refractivity contribution in [3.05, 3.63) is 93.3 Å². The number of thiophene rings is 1. The zero-order valence-corrected chi connectivity index (χ0v) is 15.4. The van der Waals surface area contributed by atoms with Gasteiger partial charge in [0, 0.05) is 4.88 Å². The van der Waals surface area contributed by atoms with Gasteiger partial charge >= 0.3 is 0 Å². The molecule has 136 valence electrons. The van der Waals surface area contributed by atoms with E-state index in [0.29, 0.717) is 6.54 Å². The molecule has 3 heterocycles. The van der Waals surface area contributed by atoms with E-state index in [4.69, 9.17) is 4.42 Å². The van der Waals surface area contributed by atoms with Crippen molar-refractivity contribution in [1.82, 2.24) is 4.90 Å². The highest BCUT2D eigenvalue weighted by Gasteiger charge is 2.44. The molecule has 0 saturated carbocycles. The summed E-state index contributed by atoms with van der Waals surface area (Å²) in [6.45, 7) is 2.24. The standard InChI is InChI=1S/C21H17NO4S/c1-13-6-2-3-8-15(13)18-17(19(23)16-9-4-10-26-16)20(24)21(25)22(18)12-14-7-5-11-27-14/h2-11,18,24H,12H2,1H3. The van der Waals surface area contributed by atoms with Gasteiger partial charge in [-0.15, -0.1) is 11.3 Å². The van der Waals surface area contributed by atoms with E-state index in [-0.39, 0.29) is 11.3 Å². The van der Waals surface area contributed by atoms with Crippen LogP contribution in [-0.2, 0) is 11.3 Å². The third kappa shape index (κ3) is 2.98. The van der Waals surface area contributed by atoms with Crippen molar-refractivity contribution >= 4 is 23.0 Å². The zero-order chi connectivity index (χ0) is 19.0. The van der Waals surface area contributed by atoms with E-state index in [1.807, 2.05) is 48.7 Å². The average molecular weight is 379 g/mol. The summed E-state index contributed by atoms with van der Waals surface area (Å²) in [5.41, 5.74) is 1.80. The summed E-state index contributed by atoms with van der Waals surface area (Å²) in [4.78, 5) is 28.4. The van der Waals surface area contributed by atoms with Crippen LogP contribution in [-0.4, -0.2) is 21.7 Å². The van der Waals surface area contributed by atoms with Crippen molar-refractivity contribution in [3.63, 3.8) is 0 Å². The molecule has 0 spiro atoms. The van der Waals surface area contributed by atoms with Crippen molar-refractivity contribution in [2.45, 2.75) is 19.5 Å². The van der Waals surface area contributed by atoms with Gasteiger partial charge in [-0.3, -0.25) is 9.59 Å². The van der Waals surface area contributed by atoms with Gasteiger partial charge in [0.15, 0.2) is 11.5 Å². The van der Waals surface area contributed by atoms with E-state index < -0.39 is 23.5 Å². The van der Waals surface area contributed by atoms with Crippen LogP contribution in [0.3, 0.4) is 0 Å². The fourth-order valence-electron chi connectivity index (χ4n) is 3.38. The van der Waals surface area contributed by atoms with Crippen molar-refractivity contribution in [2.75, 3.05) is 0 Å². The summed E-state index contributed by atoms with van der Waals surface area (Å²) < 4.78 is 5.22. The van der Waals surface area contributed by atoms with Gasteiger partial charge in [-0.1, -0.05) is 30.3 Å². The second-order valence-electron chi connectivity index (χ2n) is 6.34. The van der Waals surface area contributed by atoms with E-state index in [0.717, 1.165) is 16.0 Å².